The monoisotopic (exact) mass is 570 g/mol. The number of ketones is 1. The number of Topliss-reactive ketones (excluding diaryl/α,β-unsaturated/α-hetero) is 1. The maximum Gasteiger partial charge on any atom is 0.359 e. The number of esters is 1. The van der Waals surface area contributed by atoms with Crippen molar-refractivity contribution in [1.82, 2.24) is 0 Å². The number of hydrogen-bond donors (Lipinski definition) is 3. The molecule has 0 aromatic rings. The van der Waals surface area contributed by atoms with Crippen LogP contribution in [0.5, 0.6) is 0 Å². The van der Waals surface area contributed by atoms with E-state index in [0.29, 0.717) is 19.3 Å². The molecule has 2 atom stereocenters. The van der Waals surface area contributed by atoms with E-state index in [0.717, 1.165) is 44.9 Å². The predicted molar refractivity (Wildman–Crippen MR) is 157 cm³/mol. The Hall–Kier alpha value is -1.96. The summed E-state index contributed by atoms with van der Waals surface area (Å²) in [5, 5.41) is 29.3. The largest absolute Gasteiger partial charge is 0.479 e. The van der Waals surface area contributed by atoms with E-state index in [1.807, 2.05) is 0 Å². The molecule has 0 saturated carbocycles. The average molecular weight is 571 g/mol. The number of aliphatic hydroxyl groups excluding tert-OH is 1. The van der Waals surface area contributed by atoms with Gasteiger partial charge in [0, 0.05) is 12.8 Å². The Bertz CT molecular complexity index is 692. The number of carbonyl (C=O) groups excluding carboxylic acids is 2. The summed E-state index contributed by atoms with van der Waals surface area (Å²) < 4.78 is 5.01. The number of carbonyl (C=O) groups is 4. The fourth-order valence-electron chi connectivity index (χ4n) is 5.02. The lowest BCUT2D eigenvalue weighted by atomic mass is 9.87. The SMILES string of the molecule is CCCCCCCCCCCCCC(=O)OC(C(=O)O)(C(=O)CCCCCCCCCCCCC)C(O)C(=O)O. The maximum absolute atomic E-state index is 12.9. The van der Waals surface area contributed by atoms with Crippen LogP contribution in [0, 0.1) is 0 Å². The minimum atomic E-state index is -3.13. The van der Waals surface area contributed by atoms with Crippen LogP contribution in [0.1, 0.15) is 168 Å². The molecule has 3 N–H and O–H groups in total. The second-order valence-electron chi connectivity index (χ2n) is 11.2. The van der Waals surface area contributed by atoms with E-state index in [2.05, 4.69) is 13.8 Å². The van der Waals surface area contributed by atoms with Crippen molar-refractivity contribution >= 4 is 23.7 Å². The van der Waals surface area contributed by atoms with Crippen LogP contribution in [0.25, 0.3) is 0 Å². The number of ether oxygens (including phenoxy) is 1. The lowest BCUT2D eigenvalue weighted by Crippen LogP contribution is -2.61. The normalized spacial score (nSPS) is 13.5. The summed E-state index contributed by atoms with van der Waals surface area (Å²) in [5.74, 6) is -5.94. The molecule has 0 radical (unpaired) electrons. The van der Waals surface area contributed by atoms with Gasteiger partial charge < -0.3 is 20.1 Å². The quantitative estimate of drug-likeness (QED) is 0.0471. The Morgan fingerprint density at radius 2 is 0.875 bits per heavy atom. The van der Waals surface area contributed by atoms with Crippen LogP contribution < -0.4 is 0 Å². The molecule has 0 fully saturated rings. The highest BCUT2D eigenvalue weighted by atomic mass is 16.6. The van der Waals surface area contributed by atoms with Crippen LogP contribution >= 0.6 is 0 Å². The molecule has 0 amide bonds. The van der Waals surface area contributed by atoms with E-state index in [-0.39, 0.29) is 12.8 Å². The molecule has 0 aliphatic rings. The van der Waals surface area contributed by atoms with Crippen LogP contribution in [0.4, 0.5) is 0 Å². The van der Waals surface area contributed by atoms with E-state index < -0.39 is 35.4 Å². The van der Waals surface area contributed by atoms with E-state index in [9.17, 15) is 34.5 Å². The fourth-order valence-corrected chi connectivity index (χ4v) is 5.02. The van der Waals surface area contributed by atoms with Gasteiger partial charge in [0.2, 0.25) is 6.10 Å². The minimum Gasteiger partial charge on any atom is -0.479 e. The summed E-state index contributed by atoms with van der Waals surface area (Å²) in [6.45, 7) is 4.39. The number of unbranched alkanes of at least 4 members (excludes halogenated alkanes) is 20. The summed E-state index contributed by atoms with van der Waals surface area (Å²) in [7, 11) is 0. The summed E-state index contributed by atoms with van der Waals surface area (Å²) in [6, 6.07) is 0. The number of carboxylic acids is 2. The second-order valence-corrected chi connectivity index (χ2v) is 11.2. The van der Waals surface area contributed by atoms with Gasteiger partial charge in [-0.2, -0.15) is 0 Å². The minimum absolute atomic E-state index is 0.135. The Kier molecular flexibility index (Phi) is 23.6. The van der Waals surface area contributed by atoms with Crippen LogP contribution in [0.2, 0.25) is 0 Å². The Morgan fingerprint density at radius 1 is 0.550 bits per heavy atom. The van der Waals surface area contributed by atoms with E-state index in [1.54, 1.807) is 0 Å². The molecule has 2 unspecified atom stereocenters. The standard InChI is InChI=1S/C32H58O8/c1-3-5-7-9-11-13-15-17-19-21-23-25-27(33)32(31(38)39,29(35)30(36)37)40-28(34)26-24-22-20-18-16-14-12-10-8-6-4-2/h29,35H,3-26H2,1-2H3,(H,36,37)(H,38,39). The van der Waals surface area contributed by atoms with Gasteiger partial charge >= 0.3 is 23.5 Å². The van der Waals surface area contributed by atoms with Crippen molar-refractivity contribution in [1.29, 1.82) is 0 Å². The number of aliphatic carboxylic acids is 2. The third kappa shape index (κ3) is 17.0. The zero-order valence-electron chi connectivity index (χ0n) is 25.4. The van der Waals surface area contributed by atoms with E-state index in [1.165, 1.54) is 77.0 Å². The third-order valence-corrected chi connectivity index (χ3v) is 7.62. The number of rotatable bonds is 29. The van der Waals surface area contributed by atoms with Crippen molar-refractivity contribution in [3.8, 4) is 0 Å². The highest BCUT2D eigenvalue weighted by molar-refractivity contribution is 6.11. The van der Waals surface area contributed by atoms with Gasteiger partial charge in [-0.25, -0.2) is 9.59 Å². The molecule has 0 spiro atoms. The lowest BCUT2D eigenvalue weighted by Gasteiger charge is -2.30. The van der Waals surface area contributed by atoms with Crippen molar-refractivity contribution in [3.63, 3.8) is 0 Å². The van der Waals surface area contributed by atoms with Crippen LogP contribution in [-0.2, 0) is 23.9 Å². The number of aliphatic hydroxyl groups is 1. The van der Waals surface area contributed by atoms with Gasteiger partial charge in [0.05, 0.1) is 0 Å². The van der Waals surface area contributed by atoms with Gasteiger partial charge in [0.1, 0.15) is 0 Å². The lowest BCUT2D eigenvalue weighted by molar-refractivity contribution is -0.200. The van der Waals surface area contributed by atoms with Crippen LogP contribution in [0.3, 0.4) is 0 Å². The molecule has 0 bridgehead atoms. The first kappa shape index (κ1) is 38.0. The second kappa shape index (κ2) is 24.8. The molecule has 0 rings (SSSR count). The van der Waals surface area contributed by atoms with Crippen molar-refractivity contribution in [2.45, 2.75) is 180 Å². The molecule has 40 heavy (non-hydrogen) atoms. The zero-order chi connectivity index (χ0) is 30.1. The molecule has 234 valence electrons. The molecule has 0 saturated heterocycles. The van der Waals surface area contributed by atoms with Gasteiger partial charge in [0.25, 0.3) is 0 Å². The summed E-state index contributed by atoms with van der Waals surface area (Å²) in [5.41, 5.74) is -3.13. The molecule has 0 aliphatic carbocycles. The van der Waals surface area contributed by atoms with Crippen LogP contribution in [-0.4, -0.2) is 50.7 Å². The van der Waals surface area contributed by atoms with Gasteiger partial charge in [-0.15, -0.1) is 0 Å². The molecule has 0 aliphatic heterocycles. The Labute approximate surface area is 242 Å². The smallest absolute Gasteiger partial charge is 0.359 e. The predicted octanol–water partition coefficient (Wildman–Crippen LogP) is 7.77. The molecule has 8 nitrogen and oxygen atoms in total. The van der Waals surface area contributed by atoms with Gasteiger partial charge in [-0.05, 0) is 12.8 Å². The molecular weight excluding hydrogens is 512 g/mol. The molecule has 0 aromatic carbocycles. The zero-order valence-corrected chi connectivity index (χ0v) is 25.4. The fraction of sp³-hybridized carbons (Fsp3) is 0.875. The summed E-state index contributed by atoms with van der Waals surface area (Å²) in [4.78, 5) is 49.0. The average Bonchev–Trinajstić information content (AvgIpc) is 2.92. The van der Waals surface area contributed by atoms with Crippen molar-refractivity contribution in [3.05, 3.63) is 0 Å². The number of carboxylic acid groups (broad SMARTS) is 2. The molecular formula is C32H58O8. The maximum atomic E-state index is 12.9. The molecule has 0 heterocycles. The topological polar surface area (TPSA) is 138 Å². The Balaban J connectivity index is 4.54. The first-order valence-electron chi connectivity index (χ1n) is 16.1. The summed E-state index contributed by atoms with van der Waals surface area (Å²) in [6.07, 6.45) is 20.2. The first-order chi connectivity index (χ1) is 19.2. The van der Waals surface area contributed by atoms with E-state index in [4.69, 9.17) is 4.74 Å². The van der Waals surface area contributed by atoms with Crippen molar-refractivity contribution in [2.24, 2.45) is 0 Å². The first-order valence-corrected chi connectivity index (χ1v) is 16.1. The van der Waals surface area contributed by atoms with Crippen molar-refractivity contribution in [2.75, 3.05) is 0 Å². The highest BCUT2D eigenvalue weighted by Crippen LogP contribution is 2.25. The van der Waals surface area contributed by atoms with E-state index >= 15 is 0 Å². The van der Waals surface area contributed by atoms with Gasteiger partial charge in [0.15, 0.2) is 5.78 Å². The Morgan fingerprint density at radius 3 is 1.20 bits per heavy atom. The van der Waals surface area contributed by atoms with Gasteiger partial charge in [-0.1, -0.05) is 142 Å². The van der Waals surface area contributed by atoms with Crippen LogP contribution in [0.15, 0.2) is 0 Å². The third-order valence-electron chi connectivity index (χ3n) is 7.62. The highest BCUT2D eigenvalue weighted by Gasteiger charge is 2.58. The molecule has 0 aromatic heterocycles. The summed E-state index contributed by atoms with van der Waals surface area (Å²) >= 11 is 0. The van der Waals surface area contributed by atoms with Gasteiger partial charge in [-0.3, -0.25) is 9.59 Å². The van der Waals surface area contributed by atoms with Crippen molar-refractivity contribution < 1.29 is 39.2 Å². The molecule has 8 heteroatoms. The number of hydrogen-bond acceptors (Lipinski definition) is 6.